The van der Waals surface area contributed by atoms with Gasteiger partial charge in [0.25, 0.3) is 0 Å². The zero-order valence-electron chi connectivity index (χ0n) is 10.1. The van der Waals surface area contributed by atoms with Gasteiger partial charge in [-0.3, -0.25) is 0 Å². The maximum atomic E-state index is 8.63. The van der Waals surface area contributed by atoms with Crippen molar-refractivity contribution in [2.24, 2.45) is 0 Å². The average Bonchev–Trinajstić information content (AvgIpc) is 2.30. The topological polar surface area (TPSA) is 49.7 Å². The number of rotatable bonds is 8. The monoisotopic (exact) mass is 254 g/mol. The molecule has 0 fully saturated rings. The Balaban J connectivity index is 2.25. The van der Waals surface area contributed by atoms with E-state index >= 15 is 0 Å². The molecule has 0 saturated carbocycles. The lowest BCUT2D eigenvalue weighted by atomic mass is 10.2. The van der Waals surface area contributed by atoms with Crippen LogP contribution in [0.2, 0.25) is 0 Å². The van der Waals surface area contributed by atoms with E-state index in [0.29, 0.717) is 5.75 Å². The summed E-state index contributed by atoms with van der Waals surface area (Å²) in [5.74, 6) is 1.60. The van der Waals surface area contributed by atoms with Crippen LogP contribution in [0.4, 0.5) is 0 Å². The second-order valence-electron chi connectivity index (χ2n) is 3.82. The first-order chi connectivity index (χ1) is 8.22. The summed E-state index contributed by atoms with van der Waals surface area (Å²) in [7, 11) is -1.75. The highest BCUT2D eigenvalue weighted by molar-refractivity contribution is 7.99. The minimum absolute atomic E-state index is 0.468. The first kappa shape index (κ1) is 14.4. The molecule has 1 aromatic carbocycles. The zero-order chi connectivity index (χ0) is 12.5. The summed E-state index contributed by atoms with van der Waals surface area (Å²) < 4.78 is 4.73. The predicted octanol–water partition coefficient (Wildman–Crippen LogP) is 2.71. The maximum Gasteiger partial charge on any atom is 0.707 e. The van der Waals surface area contributed by atoms with Gasteiger partial charge in [0.15, 0.2) is 0 Å². The molecule has 0 aliphatic heterocycles. The highest BCUT2D eigenvalue weighted by Crippen LogP contribution is 2.22. The molecule has 0 heterocycles. The number of unbranched alkanes of at least 4 members (excludes halogenated alkanes) is 3. The molecule has 5 heteroatoms. The van der Waals surface area contributed by atoms with E-state index in [2.05, 4.69) is 6.92 Å². The summed E-state index contributed by atoms with van der Waals surface area (Å²) in [4.78, 5) is 1.18. The Kier molecular flexibility index (Phi) is 7.16. The van der Waals surface area contributed by atoms with Crippen molar-refractivity contribution in [1.29, 1.82) is 0 Å². The molecule has 0 bridgehead atoms. The number of benzene rings is 1. The molecule has 2 N–H and O–H groups in total. The maximum absolute atomic E-state index is 8.63. The molecule has 0 saturated heterocycles. The summed E-state index contributed by atoms with van der Waals surface area (Å²) in [6.45, 7) is 2.21. The first-order valence-corrected chi connectivity index (χ1v) is 6.96. The first-order valence-electron chi connectivity index (χ1n) is 5.98. The van der Waals surface area contributed by atoms with E-state index in [1.165, 1.54) is 30.6 Å². The summed E-state index contributed by atoms with van der Waals surface area (Å²) in [6, 6.07) is 7.35. The lowest BCUT2D eigenvalue weighted by Gasteiger charge is -2.05. The van der Waals surface area contributed by atoms with Gasteiger partial charge in [0.2, 0.25) is 0 Å². The summed E-state index contributed by atoms with van der Waals surface area (Å²) in [5.41, 5.74) is 0. The predicted molar refractivity (Wildman–Crippen MR) is 72.1 cm³/mol. The lowest BCUT2D eigenvalue weighted by Crippen LogP contribution is -2.20. The number of hydrogen-bond acceptors (Lipinski definition) is 4. The van der Waals surface area contributed by atoms with E-state index in [4.69, 9.17) is 14.7 Å². The molecule has 1 aromatic rings. The molecule has 0 radical (unpaired) electrons. The second kappa shape index (κ2) is 8.45. The van der Waals surface area contributed by atoms with E-state index in [9.17, 15) is 0 Å². The van der Waals surface area contributed by atoms with Crippen LogP contribution < -0.4 is 4.65 Å². The molecule has 0 unspecified atom stereocenters. The summed E-state index contributed by atoms with van der Waals surface area (Å²) in [5, 5.41) is 17.3. The normalized spacial score (nSPS) is 10.3. The van der Waals surface area contributed by atoms with Crippen molar-refractivity contribution in [1.82, 2.24) is 0 Å². The SMILES string of the molecule is CCCCCCSc1ccc(OB(O)O)cc1. The van der Waals surface area contributed by atoms with E-state index in [0.717, 1.165) is 5.75 Å². The Hall–Kier alpha value is -0.645. The summed E-state index contributed by atoms with van der Waals surface area (Å²) in [6.07, 6.45) is 5.11. The molecule has 0 aliphatic carbocycles. The molecule has 0 aliphatic rings. The van der Waals surface area contributed by atoms with Gasteiger partial charge in [-0.1, -0.05) is 26.2 Å². The van der Waals surface area contributed by atoms with Gasteiger partial charge < -0.3 is 14.7 Å². The van der Waals surface area contributed by atoms with Gasteiger partial charge in [0, 0.05) is 4.90 Å². The van der Waals surface area contributed by atoms with Gasteiger partial charge in [-0.05, 0) is 36.4 Å². The van der Waals surface area contributed by atoms with Crippen LogP contribution in [0, 0.1) is 0 Å². The van der Waals surface area contributed by atoms with Crippen LogP contribution in [0.25, 0.3) is 0 Å². The van der Waals surface area contributed by atoms with Crippen LogP contribution in [-0.2, 0) is 0 Å². The molecule has 3 nitrogen and oxygen atoms in total. The molecule has 0 aromatic heterocycles. The van der Waals surface area contributed by atoms with E-state index in [1.807, 2.05) is 23.9 Å². The third-order valence-corrected chi connectivity index (χ3v) is 3.43. The van der Waals surface area contributed by atoms with E-state index < -0.39 is 7.32 Å². The fourth-order valence-corrected chi connectivity index (χ4v) is 2.37. The van der Waals surface area contributed by atoms with Crippen LogP contribution in [0.5, 0.6) is 5.75 Å². The third-order valence-electron chi connectivity index (χ3n) is 2.33. The van der Waals surface area contributed by atoms with Crippen molar-refractivity contribution in [3.05, 3.63) is 24.3 Å². The van der Waals surface area contributed by atoms with Gasteiger partial charge in [-0.2, -0.15) is 0 Å². The molecule has 0 amide bonds. The smallest absolute Gasteiger partial charge is 0.512 e. The highest BCUT2D eigenvalue weighted by atomic mass is 32.2. The van der Waals surface area contributed by atoms with Crippen molar-refractivity contribution in [2.75, 3.05) is 5.75 Å². The molecule has 1 rings (SSSR count). The van der Waals surface area contributed by atoms with Gasteiger partial charge in [-0.25, -0.2) is 0 Å². The number of thioether (sulfide) groups is 1. The van der Waals surface area contributed by atoms with Crippen molar-refractivity contribution < 1.29 is 14.7 Å². The van der Waals surface area contributed by atoms with Crippen LogP contribution in [0.1, 0.15) is 32.6 Å². The third kappa shape index (κ3) is 6.61. The van der Waals surface area contributed by atoms with E-state index in [-0.39, 0.29) is 0 Å². The largest absolute Gasteiger partial charge is 0.707 e. The molecular formula is C12H19BO3S. The summed E-state index contributed by atoms with van der Waals surface area (Å²) >= 11 is 1.82. The van der Waals surface area contributed by atoms with Crippen molar-refractivity contribution in [3.8, 4) is 5.75 Å². The number of hydrogen-bond donors (Lipinski definition) is 2. The van der Waals surface area contributed by atoms with Crippen LogP contribution in [0.3, 0.4) is 0 Å². The minimum Gasteiger partial charge on any atom is -0.512 e. The Morgan fingerprint density at radius 3 is 2.41 bits per heavy atom. The molecular weight excluding hydrogens is 235 g/mol. The molecule has 0 spiro atoms. The average molecular weight is 254 g/mol. The Morgan fingerprint density at radius 2 is 1.82 bits per heavy atom. The highest BCUT2D eigenvalue weighted by Gasteiger charge is 2.10. The van der Waals surface area contributed by atoms with Crippen LogP contribution in [0.15, 0.2) is 29.2 Å². The lowest BCUT2D eigenvalue weighted by molar-refractivity contribution is 0.288. The van der Waals surface area contributed by atoms with Gasteiger partial charge in [0.1, 0.15) is 5.75 Å². The van der Waals surface area contributed by atoms with Gasteiger partial charge in [-0.15, -0.1) is 11.8 Å². The van der Waals surface area contributed by atoms with Gasteiger partial charge >= 0.3 is 7.32 Å². The van der Waals surface area contributed by atoms with Crippen molar-refractivity contribution in [3.63, 3.8) is 0 Å². The Labute approximate surface area is 107 Å². The zero-order valence-corrected chi connectivity index (χ0v) is 10.9. The standard InChI is InChI=1S/C12H19BO3S/c1-2-3-4-5-10-17-12-8-6-11(7-9-12)16-13(14)15/h6-9,14-15H,2-5,10H2,1H3. The van der Waals surface area contributed by atoms with E-state index in [1.54, 1.807) is 12.1 Å². The fourth-order valence-electron chi connectivity index (χ4n) is 1.46. The molecule has 17 heavy (non-hydrogen) atoms. The Bertz CT molecular complexity index is 303. The molecule has 94 valence electrons. The van der Waals surface area contributed by atoms with Gasteiger partial charge in [0.05, 0.1) is 0 Å². The fraction of sp³-hybridized carbons (Fsp3) is 0.500. The quantitative estimate of drug-likeness (QED) is 0.425. The molecule has 0 atom stereocenters. The Morgan fingerprint density at radius 1 is 1.12 bits per heavy atom. The van der Waals surface area contributed by atoms with Crippen molar-refractivity contribution >= 4 is 19.1 Å². The second-order valence-corrected chi connectivity index (χ2v) is 4.99. The van der Waals surface area contributed by atoms with Crippen molar-refractivity contribution in [2.45, 2.75) is 37.5 Å². The van der Waals surface area contributed by atoms with Crippen LogP contribution in [-0.4, -0.2) is 23.1 Å². The van der Waals surface area contributed by atoms with Crippen LogP contribution >= 0.6 is 11.8 Å². The minimum atomic E-state index is -1.75.